The zero-order chi connectivity index (χ0) is 52.0. The Morgan fingerprint density at radius 1 is 0.781 bits per heavy atom. The molecule has 386 valence electrons. The van der Waals surface area contributed by atoms with E-state index in [4.69, 9.17) is 18.9 Å². The monoisotopic (exact) mass is 1000 g/mol. The second-order valence-electron chi connectivity index (χ2n) is 18.3. The molecule has 73 heavy (non-hydrogen) atoms. The average molecular weight is 1000 g/mol. The van der Waals surface area contributed by atoms with E-state index in [0.717, 1.165) is 41.0 Å². The number of benzene rings is 2. The Bertz CT molecular complexity index is 2760. The van der Waals surface area contributed by atoms with Crippen LogP contribution in [0.15, 0.2) is 72.0 Å². The third kappa shape index (κ3) is 14.5. The lowest BCUT2D eigenvalue weighted by atomic mass is 10.1. The van der Waals surface area contributed by atoms with Gasteiger partial charge in [-0.15, -0.1) is 0 Å². The van der Waals surface area contributed by atoms with Gasteiger partial charge in [-0.2, -0.15) is 0 Å². The van der Waals surface area contributed by atoms with Crippen molar-refractivity contribution < 1.29 is 57.3 Å². The van der Waals surface area contributed by atoms with Crippen molar-refractivity contribution in [1.29, 1.82) is 0 Å². The molecule has 0 aliphatic carbocycles. The van der Waals surface area contributed by atoms with Crippen LogP contribution in [0.1, 0.15) is 108 Å². The Hall–Kier alpha value is -7.58. The van der Waals surface area contributed by atoms with Crippen LogP contribution in [0.3, 0.4) is 0 Å². The highest BCUT2D eigenvalue weighted by Gasteiger charge is 2.32. The first-order chi connectivity index (χ1) is 35.1. The summed E-state index contributed by atoms with van der Waals surface area (Å²) in [6, 6.07) is 12.4. The molecule has 5 amide bonds. The quantitative estimate of drug-likeness (QED) is 0.0391. The predicted molar refractivity (Wildman–Crippen MR) is 269 cm³/mol. The number of Topliss-reactive ketones (excluding diaryl/α,β-unsaturated/α-hetero) is 2. The van der Waals surface area contributed by atoms with Crippen molar-refractivity contribution in [2.24, 2.45) is 19.1 Å². The highest BCUT2D eigenvalue weighted by Crippen LogP contribution is 2.34. The smallest absolute Gasteiger partial charge is 0.355 e. The van der Waals surface area contributed by atoms with Gasteiger partial charge in [0, 0.05) is 114 Å². The summed E-state index contributed by atoms with van der Waals surface area (Å²) < 4.78 is 25.8. The molecule has 1 fully saturated rings. The van der Waals surface area contributed by atoms with Gasteiger partial charge in [0.25, 0.3) is 23.6 Å². The molecule has 2 N–H and O–H groups in total. The number of ether oxygens (including phenoxy) is 4. The first-order valence-corrected chi connectivity index (χ1v) is 24.6. The van der Waals surface area contributed by atoms with Crippen LogP contribution in [-0.2, 0) is 52.3 Å². The Morgan fingerprint density at radius 3 is 2.27 bits per heavy atom. The molecule has 0 saturated carbocycles. The molecule has 7 rings (SSSR count). The fraction of sp³-hybridized carbons (Fsp3) is 0.434. The fourth-order valence-corrected chi connectivity index (χ4v) is 8.53. The van der Waals surface area contributed by atoms with Gasteiger partial charge in [-0.1, -0.05) is 12.1 Å². The fourth-order valence-electron chi connectivity index (χ4n) is 8.53. The van der Waals surface area contributed by atoms with E-state index in [1.165, 1.54) is 16.7 Å². The van der Waals surface area contributed by atoms with Crippen LogP contribution in [-0.4, -0.2) is 135 Å². The van der Waals surface area contributed by atoms with Crippen molar-refractivity contribution in [2.75, 3.05) is 56.8 Å². The van der Waals surface area contributed by atoms with Gasteiger partial charge >= 0.3 is 5.97 Å². The number of nitrogens with one attached hydrogen (secondary N) is 2. The second-order valence-corrected chi connectivity index (χ2v) is 18.3. The number of nitrogens with zero attached hydrogens (tertiary/aromatic N) is 6. The van der Waals surface area contributed by atoms with E-state index in [-0.39, 0.29) is 99.5 Å². The summed E-state index contributed by atoms with van der Waals surface area (Å²) in [6.07, 6.45) is 11.2. The summed E-state index contributed by atoms with van der Waals surface area (Å²) in [4.78, 5) is 112. The van der Waals surface area contributed by atoms with Crippen molar-refractivity contribution in [3.05, 3.63) is 89.7 Å². The largest absolute Gasteiger partial charge is 0.493 e. The summed E-state index contributed by atoms with van der Waals surface area (Å²) >= 11 is 0. The van der Waals surface area contributed by atoms with Gasteiger partial charge in [0.2, 0.25) is 11.7 Å². The number of imide groups is 1. The number of hydrogen-bond donors (Lipinski definition) is 2. The van der Waals surface area contributed by atoms with Gasteiger partial charge in [-0.25, -0.2) is 9.78 Å². The number of aliphatic imine (C=N–C) groups is 1. The van der Waals surface area contributed by atoms with E-state index < -0.39 is 29.8 Å². The average Bonchev–Trinajstić information content (AvgIpc) is 4.15. The number of fused-ring (bicyclic) bond motifs is 2. The molecule has 0 radical (unpaired) electrons. The van der Waals surface area contributed by atoms with E-state index in [1.54, 1.807) is 62.2 Å². The van der Waals surface area contributed by atoms with E-state index in [9.17, 15) is 38.4 Å². The van der Waals surface area contributed by atoms with E-state index in [2.05, 4.69) is 20.6 Å². The molecule has 2 atom stereocenters. The number of carbonyl (C=O) groups is 8. The van der Waals surface area contributed by atoms with Gasteiger partial charge < -0.3 is 43.6 Å². The van der Waals surface area contributed by atoms with Crippen LogP contribution in [0, 0.1) is 6.92 Å². The number of carbonyl (C=O) groups excluding carboxylic acids is 8. The van der Waals surface area contributed by atoms with E-state index >= 15 is 0 Å². The third-order valence-corrected chi connectivity index (χ3v) is 12.6. The number of amides is 5. The number of anilines is 2. The van der Waals surface area contributed by atoms with Gasteiger partial charge in [0.05, 0.1) is 49.8 Å². The third-order valence-electron chi connectivity index (χ3n) is 12.6. The molecule has 0 bridgehead atoms. The van der Waals surface area contributed by atoms with Gasteiger partial charge in [-0.3, -0.25) is 43.5 Å². The molecular formula is C53H62N8O12. The Labute approximate surface area is 423 Å². The maximum Gasteiger partial charge on any atom is 0.355 e. The summed E-state index contributed by atoms with van der Waals surface area (Å²) in [6.45, 7) is 5.87. The van der Waals surface area contributed by atoms with Gasteiger partial charge in [0.15, 0.2) is 5.82 Å². The molecule has 1 saturated heterocycles. The topological polar surface area (TPSA) is 239 Å². The first-order valence-electron chi connectivity index (χ1n) is 24.6. The number of esters is 1. The van der Waals surface area contributed by atoms with Crippen molar-refractivity contribution >= 4 is 70.5 Å². The normalized spacial score (nSPS) is 15.3. The molecule has 0 spiro atoms. The minimum atomic E-state index is -0.527. The molecule has 20 nitrogen and oxygen atoms in total. The molecule has 3 aliphatic rings. The van der Waals surface area contributed by atoms with Crippen LogP contribution < -0.4 is 15.4 Å². The standard InChI is InChI=1S/C53H62N8O12/c1-34-28-42-43(54-31-39-8-5-21-60(39)52(42)68)30-45(34)72-24-7-10-47(64)56-46-33-59(4)50(57-46)51(67)55-38-14-12-36(13-15-38)37-29-44(58(3)32-37)53(69)73-35(2)11-16-41(63)20-25-71-27-26-70-23-6-9-40(62)19-22-61-48(65)17-18-49(61)66/h12-15,17-18,28-33,35,39H,5-11,16,19-27H2,1-4H3,(H,55,67)(H,56,64)/t35-,39+/m1/s1. The number of aryl methyl sites for hydroxylation is 3. The zero-order valence-corrected chi connectivity index (χ0v) is 41.7. The Kier molecular flexibility index (Phi) is 18.4. The summed E-state index contributed by atoms with van der Waals surface area (Å²) in [7, 11) is 3.39. The summed E-state index contributed by atoms with van der Waals surface area (Å²) in [5.41, 5.74) is 4.34. The lowest BCUT2D eigenvalue weighted by Crippen LogP contribution is -2.35. The zero-order valence-electron chi connectivity index (χ0n) is 41.7. The SMILES string of the molecule is Cc1cc2c(cc1OCCCC(=O)Nc1cn(C)c(C(=O)Nc3ccc(-c4cc(C(=O)O[C@H](C)CCC(=O)CCOCCOCCCC(=O)CCN5C(=O)C=CC5=O)n(C)c4)cc3)n1)N=C[C@@H]1CCCN1C2=O. The molecule has 2 aromatic carbocycles. The van der Waals surface area contributed by atoms with Crippen molar-refractivity contribution in [1.82, 2.24) is 23.9 Å². The van der Waals surface area contributed by atoms with Crippen molar-refractivity contribution in [3.8, 4) is 16.9 Å². The van der Waals surface area contributed by atoms with Crippen LogP contribution >= 0.6 is 0 Å². The minimum Gasteiger partial charge on any atom is -0.493 e. The molecule has 5 heterocycles. The number of aromatic nitrogens is 3. The summed E-state index contributed by atoms with van der Waals surface area (Å²) in [5, 5.41) is 5.59. The van der Waals surface area contributed by atoms with Crippen molar-refractivity contribution in [3.63, 3.8) is 0 Å². The van der Waals surface area contributed by atoms with Gasteiger partial charge in [0.1, 0.15) is 23.0 Å². The second kappa shape index (κ2) is 25.2. The highest BCUT2D eigenvalue weighted by molar-refractivity contribution is 6.13. The molecule has 20 heteroatoms. The van der Waals surface area contributed by atoms with E-state index in [1.807, 2.05) is 36.2 Å². The number of rotatable bonds is 27. The Morgan fingerprint density at radius 2 is 1.51 bits per heavy atom. The number of hydrogen-bond acceptors (Lipinski definition) is 14. The van der Waals surface area contributed by atoms with Crippen LogP contribution in [0.4, 0.5) is 17.2 Å². The molecule has 3 aliphatic heterocycles. The number of ketones is 2. The van der Waals surface area contributed by atoms with Crippen LogP contribution in [0.2, 0.25) is 0 Å². The lowest BCUT2D eigenvalue weighted by molar-refractivity contribution is -0.137. The summed E-state index contributed by atoms with van der Waals surface area (Å²) in [5.74, 6) is -1.27. The molecule has 2 aromatic heterocycles. The lowest BCUT2D eigenvalue weighted by Gasteiger charge is -2.20. The first kappa shape index (κ1) is 53.2. The van der Waals surface area contributed by atoms with E-state index in [0.29, 0.717) is 60.9 Å². The highest BCUT2D eigenvalue weighted by atomic mass is 16.5. The molecule has 4 aromatic rings. The van der Waals surface area contributed by atoms with Gasteiger partial charge in [-0.05, 0) is 81.3 Å². The predicted octanol–water partition coefficient (Wildman–Crippen LogP) is 6.09. The minimum absolute atomic E-state index is 0.0148. The van der Waals surface area contributed by atoms with Crippen molar-refractivity contribution in [2.45, 2.75) is 90.2 Å². The maximum absolute atomic E-state index is 13.2. The Balaban J connectivity index is 0.756. The van der Waals surface area contributed by atoms with Crippen LogP contribution in [0.25, 0.3) is 11.1 Å². The number of imidazole rings is 1. The molecule has 0 unspecified atom stereocenters. The maximum atomic E-state index is 13.2. The van der Waals surface area contributed by atoms with Crippen LogP contribution in [0.5, 0.6) is 5.75 Å². The molecular weight excluding hydrogens is 941 g/mol.